The number of hydrogen-bond acceptors (Lipinski definition) is 6. The van der Waals surface area contributed by atoms with Crippen LogP contribution in [0.15, 0.2) is 48.7 Å². The third kappa shape index (κ3) is 7.01. The number of benzene rings is 2. The average Bonchev–Trinajstić information content (AvgIpc) is 3.68. The van der Waals surface area contributed by atoms with Crippen molar-refractivity contribution >= 4 is 32.3 Å². The van der Waals surface area contributed by atoms with Crippen LogP contribution in [0.25, 0.3) is 10.9 Å². The van der Waals surface area contributed by atoms with Crippen LogP contribution in [0.5, 0.6) is 5.75 Å². The van der Waals surface area contributed by atoms with Crippen LogP contribution in [-0.2, 0) is 16.4 Å². The number of halogens is 2. The second-order valence-electron chi connectivity index (χ2n) is 9.54. The third-order valence-electron chi connectivity index (χ3n) is 6.35. The number of anilines is 1. The Morgan fingerprint density at radius 2 is 1.89 bits per heavy atom. The molecule has 0 saturated heterocycles. The molecule has 7 nitrogen and oxygen atoms in total. The van der Waals surface area contributed by atoms with Gasteiger partial charge in [-0.25, -0.2) is 8.42 Å². The summed E-state index contributed by atoms with van der Waals surface area (Å²) in [7, 11) is -4.43. The first-order valence-electron chi connectivity index (χ1n) is 12.3. The van der Waals surface area contributed by atoms with E-state index in [-0.39, 0.29) is 18.9 Å². The van der Waals surface area contributed by atoms with Crippen molar-refractivity contribution in [2.24, 2.45) is 5.92 Å². The Hall–Kier alpha value is -3.11. The SMILES string of the molecule is Cc1c(NC(=O)c2ccc(OCC3CC3)cc2)ccc2cc(CNCCCS(=O)(=O)C(C)(F)F)cnc12. The number of sulfone groups is 1. The number of nitrogens with zero attached hydrogens (tertiary/aromatic N) is 1. The summed E-state index contributed by atoms with van der Waals surface area (Å²) in [4.78, 5) is 17.3. The van der Waals surface area contributed by atoms with E-state index < -0.39 is 20.8 Å². The van der Waals surface area contributed by atoms with Crippen LogP contribution in [0.4, 0.5) is 14.5 Å². The van der Waals surface area contributed by atoms with Crippen molar-refractivity contribution in [2.75, 3.05) is 24.2 Å². The molecule has 0 atom stereocenters. The van der Waals surface area contributed by atoms with Crippen LogP contribution in [0.3, 0.4) is 0 Å². The number of rotatable bonds is 12. The monoisotopic (exact) mass is 531 g/mol. The Bertz CT molecular complexity index is 1370. The number of hydrogen-bond donors (Lipinski definition) is 2. The lowest BCUT2D eigenvalue weighted by Crippen LogP contribution is -2.29. The summed E-state index contributed by atoms with van der Waals surface area (Å²) in [5.74, 6) is 0.618. The maximum Gasteiger partial charge on any atom is 0.342 e. The molecule has 0 unspecified atom stereocenters. The first kappa shape index (κ1) is 26.9. The minimum atomic E-state index is -4.43. The van der Waals surface area contributed by atoms with E-state index in [4.69, 9.17) is 4.74 Å². The molecule has 1 fully saturated rings. The van der Waals surface area contributed by atoms with Gasteiger partial charge in [0, 0.05) is 36.3 Å². The molecule has 1 aliphatic carbocycles. The summed E-state index contributed by atoms with van der Waals surface area (Å²) >= 11 is 0. The summed E-state index contributed by atoms with van der Waals surface area (Å²) in [6.45, 7) is 3.71. The molecule has 0 radical (unpaired) electrons. The van der Waals surface area contributed by atoms with Crippen LogP contribution >= 0.6 is 0 Å². The molecule has 1 heterocycles. The van der Waals surface area contributed by atoms with E-state index in [0.717, 1.165) is 34.4 Å². The molecule has 2 N–H and O–H groups in total. The van der Waals surface area contributed by atoms with Gasteiger partial charge in [0.2, 0.25) is 9.84 Å². The quantitative estimate of drug-likeness (QED) is 0.316. The van der Waals surface area contributed by atoms with Gasteiger partial charge in [-0.1, -0.05) is 6.07 Å². The Kier molecular flexibility index (Phi) is 8.08. The smallest absolute Gasteiger partial charge is 0.342 e. The Morgan fingerprint density at radius 3 is 2.57 bits per heavy atom. The molecular weight excluding hydrogens is 500 g/mol. The minimum Gasteiger partial charge on any atom is -0.493 e. The molecule has 198 valence electrons. The number of ether oxygens (including phenoxy) is 1. The summed E-state index contributed by atoms with van der Waals surface area (Å²) in [5.41, 5.74) is 3.65. The summed E-state index contributed by atoms with van der Waals surface area (Å²) in [6, 6.07) is 12.8. The minimum absolute atomic E-state index is 0.0884. The Morgan fingerprint density at radius 1 is 1.16 bits per heavy atom. The van der Waals surface area contributed by atoms with Crippen LogP contribution in [0, 0.1) is 12.8 Å². The lowest BCUT2D eigenvalue weighted by atomic mass is 10.1. The maximum absolute atomic E-state index is 13.1. The van der Waals surface area contributed by atoms with Crippen molar-refractivity contribution in [1.29, 1.82) is 0 Å². The fraction of sp³-hybridized carbons (Fsp3) is 0.407. The van der Waals surface area contributed by atoms with Gasteiger partial charge in [0.25, 0.3) is 5.91 Å². The van der Waals surface area contributed by atoms with Gasteiger partial charge in [-0.2, -0.15) is 8.78 Å². The molecule has 4 rings (SSSR count). The van der Waals surface area contributed by atoms with E-state index >= 15 is 0 Å². The third-order valence-corrected chi connectivity index (χ3v) is 8.27. The highest BCUT2D eigenvalue weighted by Gasteiger charge is 2.38. The Balaban J connectivity index is 1.32. The number of alkyl halides is 2. The van der Waals surface area contributed by atoms with E-state index in [1.807, 2.05) is 25.1 Å². The van der Waals surface area contributed by atoms with Crippen molar-refractivity contribution in [3.63, 3.8) is 0 Å². The van der Waals surface area contributed by atoms with E-state index in [1.54, 1.807) is 30.5 Å². The van der Waals surface area contributed by atoms with Gasteiger partial charge in [0.15, 0.2) is 0 Å². The van der Waals surface area contributed by atoms with Crippen LogP contribution in [-0.4, -0.2) is 43.5 Å². The highest BCUT2D eigenvalue weighted by molar-refractivity contribution is 7.92. The van der Waals surface area contributed by atoms with Crippen LogP contribution in [0.2, 0.25) is 0 Å². The van der Waals surface area contributed by atoms with Gasteiger partial charge < -0.3 is 15.4 Å². The largest absolute Gasteiger partial charge is 0.493 e. The predicted octanol–water partition coefficient (Wildman–Crippen LogP) is 5.09. The zero-order valence-corrected chi connectivity index (χ0v) is 21.7. The molecule has 0 bridgehead atoms. The normalized spacial score (nSPS) is 14.1. The number of aromatic nitrogens is 1. The molecule has 1 saturated carbocycles. The number of nitrogens with one attached hydrogen (secondary N) is 2. The van der Waals surface area contributed by atoms with E-state index in [0.29, 0.717) is 30.6 Å². The summed E-state index contributed by atoms with van der Waals surface area (Å²) < 4.78 is 54.8. The molecule has 37 heavy (non-hydrogen) atoms. The van der Waals surface area contributed by atoms with Gasteiger partial charge >= 0.3 is 5.25 Å². The number of aryl methyl sites for hydroxylation is 1. The van der Waals surface area contributed by atoms with Crippen molar-refractivity contribution in [2.45, 2.75) is 44.9 Å². The molecule has 10 heteroatoms. The highest BCUT2D eigenvalue weighted by atomic mass is 32.2. The zero-order valence-electron chi connectivity index (χ0n) is 20.9. The van der Waals surface area contributed by atoms with Crippen molar-refractivity contribution in [3.8, 4) is 5.75 Å². The average molecular weight is 532 g/mol. The van der Waals surface area contributed by atoms with Gasteiger partial charge in [-0.05, 0) is 86.2 Å². The van der Waals surface area contributed by atoms with E-state index in [2.05, 4.69) is 15.6 Å². The topological polar surface area (TPSA) is 97.4 Å². The lowest BCUT2D eigenvalue weighted by molar-refractivity contribution is 0.102. The highest BCUT2D eigenvalue weighted by Crippen LogP contribution is 2.30. The van der Waals surface area contributed by atoms with E-state index in [9.17, 15) is 22.0 Å². The first-order chi connectivity index (χ1) is 17.5. The summed E-state index contributed by atoms with van der Waals surface area (Å²) in [5, 5.41) is 3.18. The molecule has 1 aromatic heterocycles. The molecule has 1 amide bonds. The second kappa shape index (κ2) is 11.1. The Labute approximate surface area is 215 Å². The first-order valence-corrected chi connectivity index (χ1v) is 13.9. The fourth-order valence-corrected chi connectivity index (χ4v) is 4.70. The number of carbonyl (C=O) groups is 1. The zero-order chi connectivity index (χ0) is 26.6. The molecule has 0 aliphatic heterocycles. The van der Waals surface area contributed by atoms with Crippen molar-refractivity contribution < 1.29 is 26.7 Å². The van der Waals surface area contributed by atoms with Gasteiger partial charge in [-0.3, -0.25) is 9.78 Å². The van der Waals surface area contributed by atoms with E-state index in [1.165, 1.54) is 12.8 Å². The number of pyridine rings is 1. The van der Waals surface area contributed by atoms with Crippen molar-refractivity contribution in [1.82, 2.24) is 10.3 Å². The molecule has 0 spiro atoms. The summed E-state index contributed by atoms with van der Waals surface area (Å²) in [6.07, 6.45) is 4.23. The molecule has 1 aliphatic rings. The van der Waals surface area contributed by atoms with Crippen LogP contribution in [0.1, 0.15) is 47.7 Å². The molecule has 3 aromatic rings. The maximum atomic E-state index is 13.1. The predicted molar refractivity (Wildman–Crippen MR) is 140 cm³/mol. The molecule has 2 aromatic carbocycles. The van der Waals surface area contributed by atoms with Gasteiger partial charge in [-0.15, -0.1) is 0 Å². The van der Waals surface area contributed by atoms with Gasteiger partial charge in [0.1, 0.15) is 5.75 Å². The fourth-order valence-electron chi connectivity index (χ4n) is 3.82. The number of fused-ring (bicyclic) bond motifs is 1. The van der Waals surface area contributed by atoms with Gasteiger partial charge in [0.05, 0.1) is 17.9 Å². The van der Waals surface area contributed by atoms with Crippen molar-refractivity contribution in [3.05, 3.63) is 65.4 Å². The molecular formula is C27H31F2N3O4S. The second-order valence-corrected chi connectivity index (χ2v) is 11.9. The number of carbonyl (C=O) groups excluding carboxylic acids is 1. The number of amides is 1. The van der Waals surface area contributed by atoms with Crippen LogP contribution < -0.4 is 15.4 Å². The lowest BCUT2D eigenvalue weighted by Gasteiger charge is -2.13. The standard InChI is InChI=1S/C27H31F2N3O4S/c1-18-24(32-26(33)21-6-9-23(10-7-21)36-17-19-4-5-19)11-8-22-14-20(16-31-25(18)22)15-30-12-3-13-37(34,35)27(2,28)29/h6-11,14,16,19,30H,3-5,12-13,15,17H2,1-2H3,(H,32,33).